The fourth-order valence-corrected chi connectivity index (χ4v) is 2.20. The van der Waals surface area contributed by atoms with Crippen LogP contribution in [0.3, 0.4) is 0 Å². The van der Waals surface area contributed by atoms with Gasteiger partial charge in [-0.05, 0) is 13.3 Å². The first-order valence-electron chi connectivity index (χ1n) is 6.64. The number of anilines is 2. The lowest BCUT2D eigenvalue weighted by Gasteiger charge is -2.23. The topological polar surface area (TPSA) is 75.3 Å². The molecule has 1 aliphatic rings. The van der Waals surface area contributed by atoms with Gasteiger partial charge in [0.15, 0.2) is 0 Å². The van der Waals surface area contributed by atoms with Crippen LogP contribution in [0.15, 0.2) is 0 Å². The molecular formula is C13H21N5O. The molecule has 2 N–H and O–H groups in total. The predicted molar refractivity (Wildman–Crippen MR) is 75.0 cm³/mol. The highest BCUT2D eigenvalue weighted by Gasteiger charge is 2.22. The Labute approximate surface area is 113 Å². The second-order valence-electron chi connectivity index (χ2n) is 4.92. The van der Waals surface area contributed by atoms with Crippen molar-refractivity contribution in [2.45, 2.75) is 26.7 Å². The van der Waals surface area contributed by atoms with Crippen molar-refractivity contribution in [1.29, 1.82) is 0 Å². The van der Waals surface area contributed by atoms with Gasteiger partial charge in [-0.2, -0.15) is 0 Å². The van der Waals surface area contributed by atoms with E-state index in [1.807, 2.05) is 25.8 Å². The van der Waals surface area contributed by atoms with Gasteiger partial charge in [-0.3, -0.25) is 4.79 Å². The van der Waals surface area contributed by atoms with Crippen LogP contribution in [0, 0.1) is 6.92 Å². The molecule has 2 heterocycles. The van der Waals surface area contributed by atoms with Gasteiger partial charge in [0.1, 0.15) is 17.5 Å². The van der Waals surface area contributed by atoms with Crippen molar-refractivity contribution in [2.75, 3.05) is 37.3 Å². The van der Waals surface area contributed by atoms with Gasteiger partial charge < -0.3 is 15.5 Å². The predicted octanol–water partition coefficient (Wildman–Crippen LogP) is 0.598. The molecular weight excluding hydrogens is 242 g/mol. The molecule has 0 unspecified atom stereocenters. The quantitative estimate of drug-likeness (QED) is 0.845. The highest BCUT2D eigenvalue weighted by molar-refractivity contribution is 5.81. The highest BCUT2D eigenvalue weighted by Crippen LogP contribution is 2.23. The Morgan fingerprint density at radius 2 is 2.05 bits per heavy atom. The van der Waals surface area contributed by atoms with Gasteiger partial charge in [0.2, 0.25) is 5.91 Å². The number of aryl methyl sites for hydroxylation is 1. The van der Waals surface area contributed by atoms with E-state index in [0.717, 1.165) is 43.1 Å². The Kier molecular flexibility index (Phi) is 3.87. The number of nitrogens with zero attached hydrogens (tertiary/aromatic N) is 4. The third-order valence-corrected chi connectivity index (χ3v) is 3.49. The summed E-state index contributed by atoms with van der Waals surface area (Å²) in [5.74, 6) is 2.15. The van der Waals surface area contributed by atoms with E-state index in [-0.39, 0.29) is 5.91 Å². The molecule has 0 atom stereocenters. The molecule has 1 aliphatic heterocycles. The lowest BCUT2D eigenvalue weighted by atomic mass is 10.2. The zero-order valence-electron chi connectivity index (χ0n) is 11.8. The highest BCUT2D eigenvalue weighted by atomic mass is 16.2. The monoisotopic (exact) mass is 263 g/mol. The Bertz CT molecular complexity index is 488. The molecule has 6 heteroatoms. The fraction of sp³-hybridized carbons (Fsp3) is 0.615. The van der Waals surface area contributed by atoms with Gasteiger partial charge in [-0.25, -0.2) is 9.97 Å². The van der Waals surface area contributed by atoms with Crippen molar-refractivity contribution in [2.24, 2.45) is 0 Å². The molecule has 104 valence electrons. The molecule has 0 bridgehead atoms. The van der Waals surface area contributed by atoms with Gasteiger partial charge >= 0.3 is 0 Å². The van der Waals surface area contributed by atoms with E-state index in [4.69, 9.17) is 5.73 Å². The molecule has 1 aromatic heterocycles. The Morgan fingerprint density at radius 1 is 1.32 bits per heavy atom. The van der Waals surface area contributed by atoms with Crippen LogP contribution in [0.1, 0.15) is 24.7 Å². The van der Waals surface area contributed by atoms with E-state index in [1.54, 1.807) is 4.90 Å². The lowest BCUT2D eigenvalue weighted by molar-refractivity contribution is -0.127. The van der Waals surface area contributed by atoms with Crippen LogP contribution in [-0.4, -0.2) is 47.5 Å². The van der Waals surface area contributed by atoms with Crippen LogP contribution >= 0.6 is 0 Å². The molecule has 1 aromatic rings. The van der Waals surface area contributed by atoms with Gasteiger partial charge in [-0.15, -0.1) is 0 Å². The van der Waals surface area contributed by atoms with Crippen LogP contribution in [0.25, 0.3) is 0 Å². The third kappa shape index (κ3) is 2.77. The first-order chi connectivity index (χ1) is 9.02. The molecule has 0 aliphatic carbocycles. The number of hydrogen-bond donors (Lipinski definition) is 1. The molecule has 19 heavy (non-hydrogen) atoms. The number of likely N-dealkylation sites (N-methyl/N-ethyl adjacent to an activating group) is 1. The number of aromatic nitrogens is 2. The van der Waals surface area contributed by atoms with Crippen LogP contribution in [0.4, 0.5) is 11.6 Å². The number of carbonyl (C=O) groups is 1. The van der Waals surface area contributed by atoms with Crippen molar-refractivity contribution in [1.82, 2.24) is 14.9 Å². The smallest absolute Gasteiger partial charge is 0.241 e. The minimum atomic E-state index is 0.118. The summed E-state index contributed by atoms with van der Waals surface area (Å²) in [5.41, 5.74) is 6.79. The summed E-state index contributed by atoms with van der Waals surface area (Å²) in [7, 11) is 1.84. The minimum absolute atomic E-state index is 0.118. The number of nitrogen functional groups attached to an aromatic ring is 1. The second-order valence-corrected chi connectivity index (χ2v) is 4.92. The molecule has 2 rings (SSSR count). The number of nitrogens with two attached hydrogens (primary N) is 1. The third-order valence-electron chi connectivity index (χ3n) is 3.49. The summed E-state index contributed by atoms with van der Waals surface area (Å²) in [6.45, 7) is 5.86. The van der Waals surface area contributed by atoms with Crippen LogP contribution < -0.4 is 10.6 Å². The average molecular weight is 263 g/mol. The van der Waals surface area contributed by atoms with Gasteiger partial charge in [0.05, 0.1) is 6.54 Å². The fourth-order valence-electron chi connectivity index (χ4n) is 2.20. The molecule has 1 amide bonds. The summed E-state index contributed by atoms with van der Waals surface area (Å²) < 4.78 is 0. The van der Waals surface area contributed by atoms with Crippen LogP contribution in [0.5, 0.6) is 0 Å². The van der Waals surface area contributed by atoms with E-state index in [1.165, 1.54) is 0 Å². The number of rotatable bonds is 2. The number of hydrogen-bond acceptors (Lipinski definition) is 5. The summed E-state index contributed by atoms with van der Waals surface area (Å²) in [6, 6.07) is 0. The van der Waals surface area contributed by atoms with Crippen LogP contribution in [0.2, 0.25) is 0 Å². The lowest BCUT2D eigenvalue weighted by Crippen LogP contribution is -2.35. The molecule has 6 nitrogen and oxygen atoms in total. The molecule has 1 saturated heterocycles. The Hall–Kier alpha value is -1.85. The number of carbonyl (C=O) groups excluding carboxylic acids is 1. The van der Waals surface area contributed by atoms with E-state index in [9.17, 15) is 4.79 Å². The van der Waals surface area contributed by atoms with Gasteiger partial charge in [0.25, 0.3) is 0 Å². The molecule has 0 radical (unpaired) electrons. The largest absolute Gasteiger partial charge is 0.383 e. The Morgan fingerprint density at radius 3 is 2.74 bits per heavy atom. The van der Waals surface area contributed by atoms with Crippen molar-refractivity contribution in [3.63, 3.8) is 0 Å². The van der Waals surface area contributed by atoms with E-state index in [2.05, 4.69) is 9.97 Å². The van der Waals surface area contributed by atoms with Crippen molar-refractivity contribution in [3.8, 4) is 0 Å². The summed E-state index contributed by atoms with van der Waals surface area (Å²) in [6.07, 6.45) is 1.67. The van der Waals surface area contributed by atoms with Crippen LogP contribution in [-0.2, 0) is 11.2 Å². The molecule has 0 aromatic carbocycles. The van der Waals surface area contributed by atoms with Crippen molar-refractivity contribution in [3.05, 3.63) is 11.4 Å². The van der Waals surface area contributed by atoms with Crippen molar-refractivity contribution >= 4 is 17.5 Å². The molecule has 1 fully saturated rings. The average Bonchev–Trinajstić information content (AvgIpc) is 2.55. The SMILES string of the molecule is CCc1nc(N)c(C)c(N2CCCN(C)C(=O)C2)n1. The van der Waals surface area contributed by atoms with Crippen molar-refractivity contribution < 1.29 is 4.79 Å². The maximum Gasteiger partial charge on any atom is 0.241 e. The second kappa shape index (κ2) is 5.42. The zero-order chi connectivity index (χ0) is 14.0. The molecule has 0 spiro atoms. The van der Waals surface area contributed by atoms with Gasteiger partial charge in [-0.1, -0.05) is 6.92 Å². The number of amides is 1. The van der Waals surface area contributed by atoms with E-state index in [0.29, 0.717) is 12.4 Å². The first kappa shape index (κ1) is 13.6. The Balaban J connectivity index is 2.35. The zero-order valence-corrected chi connectivity index (χ0v) is 11.8. The maximum atomic E-state index is 12.0. The van der Waals surface area contributed by atoms with E-state index < -0.39 is 0 Å². The minimum Gasteiger partial charge on any atom is -0.383 e. The molecule has 0 saturated carbocycles. The summed E-state index contributed by atoms with van der Waals surface area (Å²) in [5, 5.41) is 0. The normalized spacial score (nSPS) is 16.7. The standard InChI is InChI=1S/C13H21N5O/c1-4-10-15-12(14)9(2)13(16-10)18-7-5-6-17(3)11(19)8-18/h4-8H2,1-3H3,(H2,14,15,16). The maximum absolute atomic E-state index is 12.0. The van der Waals surface area contributed by atoms with Gasteiger partial charge in [0, 0.05) is 32.1 Å². The summed E-state index contributed by atoms with van der Waals surface area (Å²) in [4.78, 5) is 24.5. The summed E-state index contributed by atoms with van der Waals surface area (Å²) >= 11 is 0. The first-order valence-corrected chi connectivity index (χ1v) is 6.64. The van der Waals surface area contributed by atoms with E-state index >= 15 is 0 Å².